The van der Waals surface area contributed by atoms with Crippen LogP contribution in [0.3, 0.4) is 0 Å². The zero-order chi connectivity index (χ0) is 14.9. The molecule has 0 aromatic heterocycles. The number of carboxylic acid groups (broad SMARTS) is 1. The highest BCUT2D eigenvalue weighted by molar-refractivity contribution is 6.15. The van der Waals surface area contributed by atoms with Gasteiger partial charge in [0.05, 0.1) is 5.56 Å². The van der Waals surface area contributed by atoms with Crippen LogP contribution in [0, 0.1) is 20.8 Å². The lowest BCUT2D eigenvalue weighted by atomic mass is 9.92. The summed E-state index contributed by atoms with van der Waals surface area (Å²) < 4.78 is 0. The van der Waals surface area contributed by atoms with Crippen molar-refractivity contribution < 1.29 is 14.7 Å². The first-order chi connectivity index (χ1) is 9.41. The molecule has 2 aromatic rings. The molecular weight excluding hydrogens is 252 g/mol. The molecule has 0 aliphatic heterocycles. The fraction of sp³-hybridized carbons (Fsp3) is 0.176. The van der Waals surface area contributed by atoms with Gasteiger partial charge in [0.25, 0.3) is 0 Å². The molecule has 0 saturated heterocycles. The maximum atomic E-state index is 12.6. The smallest absolute Gasteiger partial charge is 0.336 e. The van der Waals surface area contributed by atoms with Gasteiger partial charge in [-0.05, 0) is 49.6 Å². The van der Waals surface area contributed by atoms with E-state index in [0.29, 0.717) is 5.56 Å². The number of rotatable bonds is 3. The molecule has 0 radical (unpaired) electrons. The molecule has 0 unspecified atom stereocenters. The van der Waals surface area contributed by atoms with Gasteiger partial charge in [-0.3, -0.25) is 4.79 Å². The molecule has 20 heavy (non-hydrogen) atoms. The third kappa shape index (κ3) is 2.48. The van der Waals surface area contributed by atoms with E-state index in [1.54, 1.807) is 24.3 Å². The highest BCUT2D eigenvalue weighted by Gasteiger charge is 2.20. The Hall–Kier alpha value is -2.42. The molecular formula is C17H16O3. The summed E-state index contributed by atoms with van der Waals surface area (Å²) >= 11 is 0. The summed E-state index contributed by atoms with van der Waals surface area (Å²) in [6.07, 6.45) is 0. The third-order valence-electron chi connectivity index (χ3n) is 3.50. The first-order valence-electron chi connectivity index (χ1n) is 6.36. The van der Waals surface area contributed by atoms with Gasteiger partial charge in [-0.1, -0.05) is 24.3 Å². The lowest BCUT2D eigenvalue weighted by molar-refractivity contribution is 0.0692. The Morgan fingerprint density at radius 2 is 1.35 bits per heavy atom. The zero-order valence-corrected chi connectivity index (χ0v) is 11.7. The van der Waals surface area contributed by atoms with Crippen molar-refractivity contribution in [3.63, 3.8) is 0 Å². The van der Waals surface area contributed by atoms with Crippen LogP contribution in [0.4, 0.5) is 0 Å². The summed E-state index contributed by atoms with van der Waals surface area (Å²) in [5, 5.41) is 9.29. The van der Waals surface area contributed by atoms with Crippen LogP contribution in [0.2, 0.25) is 0 Å². The van der Waals surface area contributed by atoms with Crippen LogP contribution in [0.5, 0.6) is 0 Å². The molecule has 0 atom stereocenters. The van der Waals surface area contributed by atoms with E-state index in [1.807, 2.05) is 32.9 Å². The molecule has 3 nitrogen and oxygen atoms in total. The van der Waals surface area contributed by atoms with Crippen LogP contribution in [0.15, 0.2) is 36.4 Å². The van der Waals surface area contributed by atoms with Crippen molar-refractivity contribution in [1.29, 1.82) is 0 Å². The van der Waals surface area contributed by atoms with Crippen LogP contribution in [0.25, 0.3) is 0 Å². The van der Waals surface area contributed by atoms with Crippen molar-refractivity contribution in [2.45, 2.75) is 20.8 Å². The normalized spacial score (nSPS) is 10.3. The monoisotopic (exact) mass is 268 g/mol. The van der Waals surface area contributed by atoms with Crippen molar-refractivity contribution in [3.05, 3.63) is 69.8 Å². The van der Waals surface area contributed by atoms with Crippen molar-refractivity contribution in [2.75, 3.05) is 0 Å². The summed E-state index contributed by atoms with van der Waals surface area (Å²) in [6.45, 7) is 5.55. The van der Waals surface area contributed by atoms with E-state index >= 15 is 0 Å². The molecule has 0 bridgehead atoms. The second-order valence-electron chi connectivity index (χ2n) is 4.93. The Bertz CT molecular complexity index is 699. The van der Waals surface area contributed by atoms with Crippen LogP contribution < -0.4 is 0 Å². The Balaban J connectivity index is 2.63. The summed E-state index contributed by atoms with van der Waals surface area (Å²) in [5.74, 6) is -1.33. The van der Waals surface area contributed by atoms with Gasteiger partial charge in [0.2, 0.25) is 0 Å². The number of carboxylic acids is 1. The predicted molar refractivity (Wildman–Crippen MR) is 77.5 cm³/mol. The van der Waals surface area contributed by atoms with Gasteiger partial charge in [-0.2, -0.15) is 0 Å². The Morgan fingerprint density at radius 1 is 0.800 bits per heavy atom. The fourth-order valence-corrected chi connectivity index (χ4v) is 2.15. The van der Waals surface area contributed by atoms with Crippen molar-refractivity contribution in [1.82, 2.24) is 0 Å². The average Bonchev–Trinajstić information content (AvgIpc) is 2.41. The highest BCUT2D eigenvalue weighted by atomic mass is 16.4. The van der Waals surface area contributed by atoms with Crippen LogP contribution in [-0.4, -0.2) is 16.9 Å². The van der Waals surface area contributed by atoms with Crippen molar-refractivity contribution in [2.24, 2.45) is 0 Å². The Morgan fingerprint density at radius 3 is 1.90 bits per heavy atom. The number of aromatic carboxylic acids is 1. The zero-order valence-electron chi connectivity index (χ0n) is 11.7. The Labute approximate surface area is 117 Å². The number of benzene rings is 2. The topological polar surface area (TPSA) is 54.4 Å². The summed E-state index contributed by atoms with van der Waals surface area (Å²) in [4.78, 5) is 23.9. The number of carbonyl (C=O) groups is 2. The van der Waals surface area contributed by atoms with Gasteiger partial charge in [-0.15, -0.1) is 0 Å². The third-order valence-corrected chi connectivity index (χ3v) is 3.50. The van der Waals surface area contributed by atoms with Gasteiger partial charge in [0.15, 0.2) is 5.78 Å². The number of carbonyl (C=O) groups excluding carboxylic acids is 1. The molecule has 0 fully saturated rings. The minimum atomic E-state index is -1.08. The second-order valence-corrected chi connectivity index (χ2v) is 4.93. The van der Waals surface area contributed by atoms with Crippen LogP contribution >= 0.6 is 0 Å². The minimum absolute atomic E-state index is 0.0568. The van der Waals surface area contributed by atoms with Gasteiger partial charge in [-0.25, -0.2) is 4.79 Å². The van der Waals surface area contributed by atoms with E-state index in [2.05, 4.69) is 0 Å². The van der Waals surface area contributed by atoms with Crippen LogP contribution in [-0.2, 0) is 0 Å². The summed E-state index contributed by atoms with van der Waals surface area (Å²) in [5.41, 5.74) is 3.46. The molecule has 0 spiro atoms. The molecule has 3 heteroatoms. The van der Waals surface area contributed by atoms with E-state index in [4.69, 9.17) is 0 Å². The Kier molecular flexibility index (Phi) is 3.70. The van der Waals surface area contributed by atoms with Gasteiger partial charge < -0.3 is 5.11 Å². The van der Waals surface area contributed by atoms with Gasteiger partial charge in [0.1, 0.15) is 0 Å². The molecule has 0 aliphatic carbocycles. The van der Waals surface area contributed by atoms with Gasteiger partial charge in [0, 0.05) is 11.1 Å². The standard InChI is InChI=1S/C17H16O3/c1-10-6-4-5-7-13(10)16(18)14-8-11(2)12(3)9-15(14)17(19)20/h4-9H,1-3H3,(H,19,20). The predicted octanol–water partition coefficient (Wildman–Crippen LogP) is 3.54. The number of aryl methyl sites for hydroxylation is 3. The number of hydrogen-bond donors (Lipinski definition) is 1. The lowest BCUT2D eigenvalue weighted by Gasteiger charge is -2.10. The number of ketones is 1. The quantitative estimate of drug-likeness (QED) is 0.866. The summed E-state index contributed by atoms with van der Waals surface area (Å²) in [7, 11) is 0. The first kappa shape index (κ1) is 14.0. The highest BCUT2D eigenvalue weighted by Crippen LogP contribution is 2.21. The number of hydrogen-bond acceptors (Lipinski definition) is 2. The average molecular weight is 268 g/mol. The maximum Gasteiger partial charge on any atom is 0.336 e. The fourth-order valence-electron chi connectivity index (χ4n) is 2.15. The molecule has 102 valence electrons. The molecule has 2 aromatic carbocycles. The SMILES string of the molecule is Cc1cc(C(=O)O)c(C(=O)c2ccccc2C)cc1C. The molecule has 0 heterocycles. The molecule has 2 rings (SSSR count). The van der Waals surface area contributed by atoms with E-state index in [0.717, 1.165) is 16.7 Å². The van der Waals surface area contributed by atoms with E-state index in [9.17, 15) is 14.7 Å². The first-order valence-corrected chi connectivity index (χ1v) is 6.36. The van der Waals surface area contributed by atoms with Crippen molar-refractivity contribution >= 4 is 11.8 Å². The molecule has 0 aliphatic rings. The lowest BCUT2D eigenvalue weighted by Crippen LogP contribution is -2.12. The van der Waals surface area contributed by atoms with E-state index in [-0.39, 0.29) is 16.9 Å². The second kappa shape index (κ2) is 5.29. The van der Waals surface area contributed by atoms with Crippen molar-refractivity contribution in [3.8, 4) is 0 Å². The summed E-state index contributed by atoms with van der Waals surface area (Å²) in [6, 6.07) is 10.4. The van der Waals surface area contributed by atoms with Crippen LogP contribution in [0.1, 0.15) is 43.0 Å². The minimum Gasteiger partial charge on any atom is -0.478 e. The molecule has 0 saturated carbocycles. The van der Waals surface area contributed by atoms with E-state index < -0.39 is 5.97 Å². The van der Waals surface area contributed by atoms with Gasteiger partial charge >= 0.3 is 5.97 Å². The maximum absolute atomic E-state index is 12.6. The van der Waals surface area contributed by atoms with E-state index in [1.165, 1.54) is 0 Å². The molecule has 0 amide bonds. The largest absolute Gasteiger partial charge is 0.478 e. The molecule has 1 N–H and O–H groups in total.